The topological polar surface area (TPSA) is 83.2 Å². The molecule has 164 valence electrons. The summed E-state index contributed by atoms with van der Waals surface area (Å²) in [7, 11) is 1.60. The number of piperidine rings is 1. The number of ether oxygens (including phenoxy) is 1. The van der Waals surface area contributed by atoms with E-state index >= 15 is 0 Å². The van der Waals surface area contributed by atoms with Crippen molar-refractivity contribution in [2.75, 3.05) is 26.8 Å². The van der Waals surface area contributed by atoms with E-state index in [0.29, 0.717) is 29.9 Å². The highest BCUT2D eigenvalue weighted by atomic mass is 16.5. The molecule has 1 unspecified atom stereocenters. The van der Waals surface area contributed by atoms with Crippen molar-refractivity contribution in [3.63, 3.8) is 0 Å². The molecule has 0 bridgehead atoms. The molecule has 1 aromatic rings. The van der Waals surface area contributed by atoms with Crippen LogP contribution in [0.3, 0.4) is 0 Å². The number of carbonyl (C=O) groups is 1. The first-order chi connectivity index (χ1) is 13.9. The number of likely N-dealkylation sites (tertiary alicyclic amines) is 1. The van der Waals surface area contributed by atoms with Crippen molar-refractivity contribution in [2.45, 2.75) is 59.0 Å². The van der Waals surface area contributed by atoms with Crippen LogP contribution in [0.15, 0.2) is 18.2 Å². The second-order valence-electron chi connectivity index (χ2n) is 8.87. The molecule has 0 spiro atoms. The van der Waals surface area contributed by atoms with Gasteiger partial charge in [0.05, 0.1) is 32.8 Å². The number of carbonyl (C=O) groups excluding carboxylic acids is 1. The van der Waals surface area contributed by atoms with Gasteiger partial charge in [0.25, 0.3) is 0 Å². The Morgan fingerprint density at radius 1 is 1.34 bits per heavy atom. The highest BCUT2D eigenvalue weighted by Gasteiger charge is 2.33. The van der Waals surface area contributed by atoms with Gasteiger partial charge in [0.1, 0.15) is 18.0 Å². The summed E-state index contributed by atoms with van der Waals surface area (Å²) in [5.41, 5.74) is 0.936. The van der Waals surface area contributed by atoms with Crippen LogP contribution in [0.4, 0.5) is 0 Å². The molecule has 2 rings (SSSR count). The maximum absolute atomic E-state index is 12.5. The lowest BCUT2D eigenvalue weighted by molar-refractivity contribution is -0.923. The number of aliphatic hydroxyl groups is 1. The number of amides is 1. The van der Waals surface area contributed by atoms with Crippen molar-refractivity contribution >= 4 is 5.91 Å². The summed E-state index contributed by atoms with van der Waals surface area (Å²) in [6.07, 6.45) is 3.39. The van der Waals surface area contributed by atoms with Crippen LogP contribution in [0.25, 0.3) is 0 Å². The van der Waals surface area contributed by atoms with Gasteiger partial charge in [-0.2, -0.15) is 0 Å². The molecule has 6 heteroatoms. The number of aromatic hydroxyl groups is 1. The molecule has 1 amide bonds. The largest absolute Gasteiger partial charge is 0.507 e. The molecule has 4 N–H and O–H groups in total. The Morgan fingerprint density at radius 2 is 2.10 bits per heavy atom. The van der Waals surface area contributed by atoms with E-state index in [9.17, 15) is 15.0 Å². The van der Waals surface area contributed by atoms with Crippen molar-refractivity contribution < 1.29 is 24.6 Å². The van der Waals surface area contributed by atoms with Gasteiger partial charge in [0, 0.05) is 30.4 Å². The Bertz CT molecular complexity index is 650. The average molecular weight is 408 g/mol. The van der Waals surface area contributed by atoms with Crippen molar-refractivity contribution in [1.82, 2.24) is 5.32 Å². The van der Waals surface area contributed by atoms with E-state index in [-0.39, 0.29) is 24.3 Å². The Hall–Kier alpha value is -1.79. The number of phenolic OH excluding ortho intramolecular Hbond substituents is 1. The number of quaternary nitrogens is 1. The summed E-state index contributed by atoms with van der Waals surface area (Å²) < 4.78 is 5.16. The molecule has 1 aliphatic rings. The summed E-state index contributed by atoms with van der Waals surface area (Å²) in [5.74, 6) is 2.32. The minimum Gasteiger partial charge on any atom is -0.507 e. The molecular weight excluding hydrogens is 368 g/mol. The maximum atomic E-state index is 12.5. The molecular formula is C23H39N2O4+. The number of benzene rings is 1. The Morgan fingerprint density at radius 3 is 2.69 bits per heavy atom. The van der Waals surface area contributed by atoms with Crippen molar-refractivity contribution in [3.8, 4) is 11.5 Å². The standard InChI is InChI=1S/C23H38N2O4/c1-5-17-13-25(14-19-6-7-21(29-4)12-22(19)27)9-8-18(17)11-23(28)24-20(15-26)10-16(2)3/h6-7,12,16-18,20,26-27H,5,8-11,13-15H2,1-4H3,(H,24,28)/p+1/t17-,18-,20+/m0/s1. The third-order valence-electron chi connectivity index (χ3n) is 6.13. The number of phenols is 1. The number of hydrogen-bond acceptors (Lipinski definition) is 4. The number of methoxy groups -OCH3 is 1. The SMILES string of the molecule is CC[C@H]1C[NH+](Cc2ccc(OC)cc2O)CC[C@H]1CC(=O)N[C@@H](CO)CC(C)C. The second-order valence-corrected chi connectivity index (χ2v) is 8.87. The highest BCUT2D eigenvalue weighted by Crippen LogP contribution is 2.26. The van der Waals surface area contributed by atoms with Crippen molar-refractivity contribution in [3.05, 3.63) is 23.8 Å². The number of hydrogen-bond donors (Lipinski definition) is 4. The van der Waals surface area contributed by atoms with Gasteiger partial charge in [-0.1, -0.05) is 20.8 Å². The van der Waals surface area contributed by atoms with E-state index < -0.39 is 0 Å². The number of nitrogens with one attached hydrogen (secondary N) is 2. The van der Waals surface area contributed by atoms with Gasteiger partial charge in [-0.25, -0.2) is 0 Å². The van der Waals surface area contributed by atoms with Gasteiger partial charge < -0.3 is 25.2 Å². The fraction of sp³-hybridized carbons (Fsp3) is 0.696. The minimum absolute atomic E-state index is 0.00489. The summed E-state index contributed by atoms with van der Waals surface area (Å²) >= 11 is 0. The summed E-state index contributed by atoms with van der Waals surface area (Å²) in [5, 5.41) is 22.8. The molecule has 0 saturated carbocycles. The highest BCUT2D eigenvalue weighted by molar-refractivity contribution is 5.76. The zero-order valence-corrected chi connectivity index (χ0v) is 18.4. The summed E-state index contributed by atoms with van der Waals surface area (Å²) in [6, 6.07) is 5.34. The Balaban J connectivity index is 1.89. The molecule has 6 nitrogen and oxygen atoms in total. The van der Waals surface area contributed by atoms with Gasteiger partial charge >= 0.3 is 0 Å². The van der Waals surface area contributed by atoms with Gasteiger partial charge in [-0.05, 0) is 36.8 Å². The normalized spacial score (nSPS) is 23.0. The predicted octanol–water partition coefficient (Wildman–Crippen LogP) is 1.75. The van der Waals surface area contributed by atoms with Crippen LogP contribution in [0.1, 0.15) is 52.0 Å². The monoisotopic (exact) mass is 407 g/mol. The first-order valence-corrected chi connectivity index (χ1v) is 11.0. The third-order valence-corrected chi connectivity index (χ3v) is 6.13. The lowest BCUT2D eigenvalue weighted by Gasteiger charge is -2.36. The van der Waals surface area contributed by atoms with E-state index in [2.05, 4.69) is 26.1 Å². The molecule has 29 heavy (non-hydrogen) atoms. The molecule has 1 fully saturated rings. The molecule has 0 aromatic heterocycles. The fourth-order valence-corrected chi connectivity index (χ4v) is 4.53. The molecule has 1 aliphatic heterocycles. The number of aliphatic hydroxyl groups excluding tert-OH is 1. The van der Waals surface area contributed by atoms with E-state index in [1.807, 2.05) is 12.1 Å². The third kappa shape index (κ3) is 7.19. The molecule has 1 aromatic carbocycles. The first-order valence-electron chi connectivity index (χ1n) is 11.0. The van der Waals surface area contributed by atoms with Gasteiger partial charge in [-0.3, -0.25) is 4.79 Å². The number of rotatable bonds is 10. The minimum atomic E-state index is -0.147. The maximum Gasteiger partial charge on any atom is 0.220 e. The van der Waals surface area contributed by atoms with Crippen LogP contribution in [0.5, 0.6) is 11.5 Å². The zero-order valence-electron chi connectivity index (χ0n) is 18.4. The van der Waals surface area contributed by atoms with Crippen LogP contribution in [-0.2, 0) is 11.3 Å². The van der Waals surface area contributed by atoms with Gasteiger partial charge in [0.15, 0.2) is 0 Å². The quantitative estimate of drug-likeness (QED) is 0.476. The van der Waals surface area contributed by atoms with Crippen molar-refractivity contribution in [2.24, 2.45) is 17.8 Å². The lowest BCUT2D eigenvalue weighted by atomic mass is 9.81. The fourth-order valence-electron chi connectivity index (χ4n) is 4.53. The van der Waals surface area contributed by atoms with E-state index in [0.717, 1.165) is 44.5 Å². The smallest absolute Gasteiger partial charge is 0.220 e. The lowest BCUT2D eigenvalue weighted by Crippen LogP contribution is -3.12. The second kappa shape index (κ2) is 11.4. The molecule has 0 aliphatic carbocycles. The molecule has 1 saturated heterocycles. The van der Waals surface area contributed by atoms with Crippen LogP contribution in [0.2, 0.25) is 0 Å². The van der Waals surface area contributed by atoms with Gasteiger partial charge in [-0.15, -0.1) is 0 Å². The van der Waals surface area contributed by atoms with Crippen LogP contribution in [-0.4, -0.2) is 49.0 Å². The molecule has 4 atom stereocenters. The van der Waals surface area contributed by atoms with Crippen molar-refractivity contribution in [1.29, 1.82) is 0 Å². The Labute approximate surface area is 175 Å². The first kappa shape index (κ1) is 23.5. The molecule has 0 radical (unpaired) electrons. The average Bonchev–Trinajstić information content (AvgIpc) is 2.69. The van der Waals surface area contributed by atoms with Crippen LogP contribution in [0, 0.1) is 17.8 Å². The van der Waals surface area contributed by atoms with Crippen LogP contribution >= 0.6 is 0 Å². The summed E-state index contributed by atoms with van der Waals surface area (Å²) in [6.45, 7) is 9.17. The predicted molar refractivity (Wildman–Crippen MR) is 114 cm³/mol. The van der Waals surface area contributed by atoms with Gasteiger partial charge in [0.2, 0.25) is 5.91 Å². The van der Waals surface area contributed by atoms with E-state index in [1.165, 1.54) is 4.90 Å². The summed E-state index contributed by atoms with van der Waals surface area (Å²) in [4.78, 5) is 14.0. The van der Waals surface area contributed by atoms with E-state index in [1.54, 1.807) is 13.2 Å². The Kier molecular flexibility index (Phi) is 9.24. The van der Waals surface area contributed by atoms with E-state index in [4.69, 9.17) is 4.74 Å². The zero-order chi connectivity index (χ0) is 21.4. The van der Waals surface area contributed by atoms with Crippen LogP contribution < -0.4 is 15.0 Å². The molecule has 1 heterocycles.